The maximum Gasteiger partial charge on any atom is 0.243 e. The van der Waals surface area contributed by atoms with Crippen molar-refractivity contribution in [2.75, 3.05) is 27.3 Å². The van der Waals surface area contributed by atoms with Crippen LogP contribution in [0.2, 0.25) is 0 Å². The molecule has 0 bridgehead atoms. The summed E-state index contributed by atoms with van der Waals surface area (Å²) in [5.74, 6) is 0.748. The fourth-order valence-corrected chi connectivity index (χ4v) is 5.00. The van der Waals surface area contributed by atoms with Crippen molar-refractivity contribution in [3.63, 3.8) is 0 Å². The van der Waals surface area contributed by atoms with Crippen molar-refractivity contribution in [1.29, 1.82) is 0 Å². The van der Waals surface area contributed by atoms with Crippen LogP contribution in [0.15, 0.2) is 83.8 Å². The zero-order chi connectivity index (χ0) is 24.6. The van der Waals surface area contributed by atoms with Gasteiger partial charge in [0.15, 0.2) is 11.5 Å². The van der Waals surface area contributed by atoms with Gasteiger partial charge in [-0.15, -0.1) is 0 Å². The zero-order valence-electron chi connectivity index (χ0n) is 19.6. The minimum atomic E-state index is -3.85. The molecule has 180 valence electrons. The summed E-state index contributed by atoms with van der Waals surface area (Å²) in [6.07, 6.45) is 0.491. The summed E-state index contributed by atoms with van der Waals surface area (Å²) >= 11 is 0. The van der Waals surface area contributed by atoms with Crippen LogP contribution in [0.4, 0.5) is 0 Å². The Morgan fingerprint density at radius 3 is 2.15 bits per heavy atom. The monoisotopic (exact) mass is 482 g/mol. The minimum Gasteiger partial charge on any atom is -0.493 e. The van der Waals surface area contributed by atoms with Crippen LogP contribution < -0.4 is 14.8 Å². The van der Waals surface area contributed by atoms with E-state index in [1.807, 2.05) is 43.3 Å². The summed E-state index contributed by atoms with van der Waals surface area (Å²) in [5.41, 5.74) is 1.81. The van der Waals surface area contributed by atoms with Gasteiger partial charge in [0, 0.05) is 6.54 Å². The van der Waals surface area contributed by atoms with Gasteiger partial charge in [0.2, 0.25) is 15.9 Å². The second-order valence-electron chi connectivity index (χ2n) is 7.79. The largest absolute Gasteiger partial charge is 0.493 e. The molecule has 3 aromatic carbocycles. The highest BCUT2D eigenvalue weighted by Crippen LogP contribution is 2.30. The molecule has 0 unspecified atom stereocenters. The third-order valence-corrected chi connectivity index (χ3v) is 7.34. The molecule has 8 heteroatoms. The van der Waals surface area contributed by atoms with E-state index in [-0.39, 0.29) is 24.0 Å². The summed E-state index contributed by atoms with van der Waals surface area (Å²) in [6.45, 7) is 1.72. The Morgan fingerprint density at radius 1 is 0.912 bits per heavy atom. The first-order valence-electron chi connectivity index (χ1n) is 11.0. The number of hydrogen-bond acceptors (Lipinski definition) is 5. The quantitative estimate of drug-likeness (QED) is 0.449. The van der Waals surface area contributed by atoms with Gasteiger partial charge in [-0.05, 0) is 48.7 Å². The number of nitrogens with one attached hydrogen (secondary N) is 1. The summed E-state index contributed by atoms with van der Waals surface area (Å²) < 4.78 is 38.5. The van der Waals surface area contributed by atoms with Crippen LogP contribution in [0.3, 0.4) is 0 Å². The molecule has 3 aromatic rings. The first kappa shape index (κ1) is 25.3. The molecule has 0 spiro atoms. The van der Waals surface area contributed by atoms with Crippen LogP contribution in [-0.4, -0.2) is 45.9 Å². The van der Waals surface area contributed by atoms with Gasteiger partial charge < -0.3 is 14.8 Å². The molecular formula is C26H30N2O5S. The Labute approximate surface area is 201 Å². The van der Waals surface area contributed by atoms with Gasteiger partial charge in [-0.1, -0.05) is 54.6 Å². The van der Waals surface area contributed by atoms with Gasteiger partial charge in [-0.2, -0.15) is 4.31 Å². The second kappa shape index (κ2) is 11.7. The van der Waals surface area contributed by atoms with Crippen LogP contribution in [0.25, 0.3) is 0 Å². The lowest BCUT2D eigenvalue weighted by molar-refractivity contribution is -0.121. The standard InChI is InChI=1S/C26H30N2O5S/c1-20(22-14-15-24(32-2)25(18-22)33-3)27-26(29)19-28(17-16-21-10-6-4-7-11-21)34(30,31)23-12-8-5-9-13-23/h4-15,18,20H,16-17,19H2,1-3H3,(H,27,29)/t20-/m0/s1. The zero-order valence-corrected chi connectivity index (χ0v) is 20.4. The molecule has 0 aliphatic rings. The molecule has 0 aliphatic heterocycles. The lowest BCUT2D eigenvalue weighted by Crippen LogP contribution is -2.42. The van der Waals surface area contributed by atoms with E-state index in [1.54, 1.807) is 44.6 Å². The van der Waals surface area contributed by atoms with Gasteiger partial charge in [-0.3, -0.25) is 4.79 Å². The average molecular weight is 483 g/mol. The second-order valence-corrected chi connectivity index (χ2v) is 9.73. The molecule has 34 heavy (non-hydrogen) atoms. The number of ether oxygens (including phenoxy) is 2. The highest BCUT2D eigenvalue weighted by atomic mass is 32.2. The maximum atomic E-state index is 13.3. The van der Waals surface area contributed by atoms with Gasteiger partial charge in [-0.25, -0.2) is 8.42 Å². The third kappa shape index (κ3) is 6.36. The van der Waals surface area contributed by atoms with Crippen molar-refractivity contribution in [1.82, 2.24) is 9.62 Å². The van der Waals surface area contributed by atoms with Crippen LogP contribution in [0, 0.1) is 0 Å². The molecule has 0 saturated carbocycles. The number of amides is 1. The predicted octanol–water partition coefficient (Wildman–Crippen LogP) is 3.81. The summed E-state index contributed by atoms with van der Waals surface area (Å²) in [4.78, 5) is 13.1. The minimum absolute atomic E-state index is 0.156. The Balaban J connectivity index is 1.76. The van der Waals surface area contributed by atoms with Crippen molar-refractivity contribution in [2.45, 2.75) is 24.3 Å². The fourth-order valence-electron chi connectivity index (χ4n) is 3.58. The molecule has 1 amide bonds. The van der Waals surface area contributed by atoms with Gasteiger partial charge in [0.25, 0.3) is 0 Å². The molecule has 7 nitrogen and oxygen atoms in total. The van der Waals surface area contributed by atoms with E-state index in [4.69, 9.17) is 9.47 Å². The highest BCUT2D eigenvalue weighted by Gasteiger charge is 2.27. The smallest absolute Gasteiger partial charge is 0.243 e. The summed E-state index contributed by atoms with van der Waals surface area (Å²) in [6, 6.07) is 22.8. The average Bonchev–Trinajstić information content (AvgIpc) is 2.87. The van der Waals surface area contributed by atoms with Crippen LogP contribution in [0.5, 0.6) is 11.5 Å². The number of nitrogens with zero attached hydrogens (tertiary/aromatic N) is 1. The van der Waals surface area contributed by atoms with E-state index in [2.05, 4.69) is 5.32 Å². The Bertz CT molecular complexity index is 1180. The van der Waals surface area contributed by atoms with Crippen molar-refractivity contribution < 1.29 is 22.7 Å². The summed E-state index contributed by atoms with van der Waals surface area (Å²) in [7, 11) is -0.749. The topological polar surface area (TPSA) is 84.9 Å². The number of carbonyl (C=O) groups is 1. The highest BCUT2D eigenvalue weighted by molar-refractivity contribution is 7.89. The number of benzene rings is 3. The van der Waals surface area contributed by atoms with Crippen molar-refractivity contribution >= 4 is 15.9 Å². The number of hydrogen-bond donors (Lipinski definition) is 1. The molecule has 0 radical (unpaired) electrons. The lowest BCUT2D eigenvalue weighted by Gasteiger charge is -2.23. The maximum absolute atomic E-state index is 13.3. The molecule has 0 aromatic heterocycles. The summed E-state index contributed by atoms with van der Waals surface area (Å²) in [5, 5.41) is 2.90. The predicted molar refractivity (Wildman–Crippen MR) is 131 cm³/mol. The van der Waals surface area contributed by atoms with Gasteiger partial charge in [0.05, 0.1) is 31.7 Å². The van der Waals surface area contributed by atoms with E-state index in [0.29, 0.717) is 17.9 Å². The first-order valence-corrected chi connectivity index (χ1v) is 12.4. The van der Waals surface area contributed by atoms with Crippen LogP contribution in [0.1, 0.15) is 24.1 Å². The molecule has 1 atom stereocenters. The van der Waals surface area contributed by atoms with Crippen LogP contribution in [-0.2, 0) is 21.2 Å². The van der Waals surface area contributed by atoms with E-state index in [9.17, 15) is 13.2 Å². The SMILES string of the molecule is COc1ccc([C@H](C)NC(=O)CN(CCc2ccccc2)S(=O)(=O)c2ccccc2)cc1OC. The van der Waals surface area contributed by atoms with E-state index in [0.717, 1.165) is 11.1 Å². The van der Waals surface area contributed by atoms with E-state index in [1.165, 1.54) is 16.4 Å². The fraction of sp³-hybridized carbons (Fsp3) is 0.269. The van der Waals surface area contributed by atoms with Crippen molar-refractivity contribution in [2.24, 2.45) is 0 Å². The molecule has 0 aliphatic carbocycles. The molecule has 1 N–H and O–H groups in total. The van der Waals surface area contributed by atoms with Crippen LogP contribution >= 0.6 is 0 Å². The number of methoxy groups -OCH3 is 2. The molecule has 0 heterocycles. The van der Waals surface area contributed by atoms with Crippen molar-refractivity contribution in [3.8, 4) is 11.5 Å². The third-order valence-electron chi connectivity index (χ3n) is 5.48. The molecule has 0 fully saturated rings. The Kier molecular flexibility index (Phi) is 8.67. The molecule has 0 saturated heterocycles. The van der Waals surface area contributed by atoms with E-state index < -0.39 is 15.9 Å². The Morgan fingerprint density at radius 2 is 1.53 bits per heavy atom. The number of sulfonamides is 1. The normalized spacial score (nSPS) is 12.2. The molecular weight excluding hydrogens is 452 g/mol. The number of carbonyl (C=O) groups excluding carboxylic acids is 1. The Hall–Kier alpha value is -3.36. The lowest BCUT2D eigenvalue weighted by atomic mass is 10.1. The van der Waals surface area contributed by atoms with Gasteiger partial charge >= 0.3 is 0 Å². The molecule has 3 rings (SSSR count). The first-order chi connectivity index (χ1) is 16.3. The number of rotatable bonds is 11. The van der Waals surface area contributed by atoms with Crippen molar-refractivity contribution in [3.05, 3.63) is 90.0 Å². The van der Waals surface area contributed by atoms with Gasteiger partial charge in [0.1, 0.15) is 0 Å². The van der Waals surface area contributed by atoms with E-state index >= 15 is 0 Å².